The van der Waals surface area contributed by atoms with Gasteiger partial charge in [0.15, 0.2) is 15.0 Å². The van der Waals surface area contributed by atoms with Crippen molar-refractivity contribution in [3.05, 3.63) is 35.9 Å². The molecule has 2 aliphatic rings. The molecule has 10 heteroatoms. The molecule has 2 aliphatic heterocycles. The Kier molecular flexibility index (Phi) is 7.00. The Labute approximate surface area is 187 Å². The zero-order chi connectivity index (χ0) is 22.8. The molecule has 3 rings (SSSR count). The summed E-state index contributed by atoms with van der Waals surface area (Å²) >= 11 is 1.33. The van der Waals surface area contributed by atoms with Crippen LogP contribution in [0.2, 0.25) is 0 Å². The van der Waals surface area contributed by atoms with E-state index in [0.29, 0.717) is 11.7 Å². The van der Waals surface area contributed by atoms with Crippen molar-refractivity contribution in [3.63, 3.8) is 0 Å². The fourth-order valence-electron chi connectivity index (χ4n) is 3.68. The van der Waals surface area contributed by atoms with Crippen LogP contribution in [0.4, 0.5) is 4.79 Å². The van der Waals surface area contributed by atoms with E-state index >= 15 is 0 Å². The number of nitrogens with zero attached hydrogens (tertiary/aromatic N) is 2. The summed E-state index contributed by atoms with van der Waals surface area (Å²) in [5.41, 5.74) is 0.186. The first-order valence-corrected chi connectivity index (χ1v) is 13.0. The molecule has 8 nitrogen and oxygen atoms in total. The van der Waals surface area contributed by atoms with Crippen molar-refractivity contribution < 1.29 is 22.7 Å². The van der Waals surface area contributed by atoms with E-state index in [1.807, 2.05) is 42.2 Å². The Morgan fingerprint density at radius 2 is 1.94 bits per heavy atom. The standard InChI is InChI=1S/C21H29N3O5S2/c1-5-24-16-12-31(27,28)13-17(16)30-19(24)23-18(25)15(11-14-9-7-6-8-10-14)22-20(26)29-21(2,3)4/h6-10,15-17H,5,11-13H2,1-4H3,(H,22,26)/t15-,16-,17+/m0/s1. The lowest BCUT2D eigenvalue weighted by molar-refractivity contribution is -0.119. The Morgan fingerprint density at radius 1 is 1.26 bits per heavy atom. The van der Waals surface area contributed by atoms with Crippen LogP contribution in [0.1, 0.15) is 33.3 Å². The summed E-state index contributed by atoms with van der Waals surface area (Å²) in [6.45, 7) is 7.72. The number of hydrogen-bond acceptors (Lipinski definition) is 6. The number of fused-ring (bicyclic) bond motifs is 1. The molecule has 2 heterocycles. The van der Waals surface area contributed by atoms with Crippen molar-refractivity contribution in [2.75, 3.05) is 18.1 Å². The number of amides is 2. The van der Waals surface area contributed by atoms with Gasteiger partial charge in [-0.15, -0.1) is 0 Å². The van der Waals surface area contributed by atoms with Gasteiger partial charge in [0.25, 0.3) is 5.91 Å². The fourth-order valence-corrected chi connectivity index (χ4v) is 7.70. The summed E-state index contributed by atoms with van der Waals surface area (Å²) in [7, 11) is -3.07. The third-order valence-corrected chi connectivity index (χ3v) is 8.24. The molecule has 2 amide bonds. The number of ether oxygens (including phenoxy) is 1. The Balaban J connectivity index is 1.79. The Bertz CT molecular complexity index is 957. The summed E-state index contributed by atoms with van der Waals surface area (Å²) in [5.74, 6) is -0.316. The molecular formula is C21H29N3O5S2. The summed E-state index contributed by atoms with van der Waals surface area (Å²) in [6, 6.07) is 8.30. The smallest absolute Gasteiger partial charge is 0.408 e. The zero-order valence-corrected chi connectivity index (χ0v) is 19.8. The third kappa shape index (κ3) is 6.22. The number of carbonyl (C=O) groups is 2. The predicted octanol–water partition coefficient (Wildman–Crippen LogP) is 2.24. The maximum atomic E-state index is 13.1. The normalized spacial score (nSPS) is 24.6. The average Bonchev–Trinajstić information content (AvgIpc) is 3.10. The van der Waals surface area contributed by atoms with Gasteiger partial charge in [-0.05, 0) is 33.3 Å². The minimum Gasteiger partial charge on any atom is -0.444 e. The molecule has 0 unspecified atom stereocenters. The Morgan fingerprint density at radius 3 is 2.55 bits per heavy atom. The molecule has 0 saturated carbocycles. The highest BCUT2D eigenvalue weighted by atomic mass is 32.2. The van der Waals surface area contributed by atoms with Crippen LogP contribution in [0.15, 0.2) is 35.3 Å². The maximum Gasteiger partial charge on any atom is 0.408 e. The number of hydrogen-bond donors (Lipinski definition) is 1. The van der Waals surface area contributed by atoms with Crippen LogP contribution in [0.5, 0.6) is 0 Å². The van der Waals surface area contributed by atoms with E-state index in [1.165, 1.54) is 11.8 Å². The first-order valence-electron chi connectivity index (χ1n) is 10.3. The zero-order valence-electron chi connectivity index (χ0n) is 18.2. The quantitative estimate of drug-likeness (QED) is 0.708. The van der Waals surface area contributed by atoms with Gasteiger partial charge in [0.1, 0.15) is 11.6 Å². The number of amidine groups is 1. The van der Waals surface area contributed by atoms with E-state index in [-0.39, 0.29) is 29.2 Å². The fraction of sp³-hybridized carbons (Fsp3) is 0.571. The topological polar surface area (TPSA) is 105 Å². The van der Waals surface area contributed by atoms with Crippen molar-refractivity contribution >= 4 is 38.8 Å². The molecule has 0 bridgehead atoms. The summed E-state index contributed by atoms with van der Waals surface area (Å²) < 4.78 is 29.3. The van der Waals surface area contributed by atoms with Crippen molar-refractivity contribution in [2.45, 2.75) is 57.1 Å². The van der Waals surface area contributed by atoms with Crippen LogP contribution in [-0.2, 0) is 25.8 Å². The van der Waals surface area contributed by atoms with E-state index in [4.69, 9.17) is 4.74 Å². The van der Waals surface area contributed by atoms with E-state index in [9.17, 15) is 18.0 Å². The van der Waals surface area contributed by atoms with Crippen LogP contribution in [0, 0.1) is 0 Å². The summed E-state index contributed by atoms with van der Waals surface area (Å²) in [4.78, 5) is 31.6. The molecule has 0 spiro atoms. The van der Waals surface area contributed by atoms with Gasteiger partial charge in [0, 0.05) is 18.2 Å². The van der Waals surface area contributed by atoms with Crippen LogP contribution >= 0.6 is 11.8 Å². The number of nitrogens with one attached hydrogen (secondary N) is 1. The molecule has 0 aromatic heterocycles. The second-order valence-electron chi connectivity index (χ2n) is 8.71. The van der Waals surface area contributed by atoms with E-state index in [2.05, 4.69) is 10.3 Å². The van der Waals surface area contributed by atoms with Gasteiger partial charge >= 0.3 is 6.09 Å². The van der Waals surface area contributed by atoms with E-state index in [1.54, 1.807) is 20.8 Å². The highest BCUT2D eigenvalue weighted by molar-refractivity contribution is 8.15. The van der Waals surface area contributed by atoms with Crippen LogP contribution < -0.4 is 5.32 Å². The molecule has 0 radical (unpaired) electrons. The third-order valence-electron chi connectivity index (χ3n) is 4.99. The van der Waals surface area contributed by atoms with E-state index in [0.717, 1.165) is 5.56 Å². The van der Waals surface area contributed by atoms with E-state index < -0.39 is 33.5 Å². The van der Waals surface area contributed by atoms with Gasteiger partial charge in [0.2, 0.25) is 0 Å². The van der Waals surface area contributed by atoms with Crippen LogP contribution in [-0.4, -0.2) is 71.5 Å². The van der Waals surface area contributed by atoms with Gasteiger partial charge in [-0.25, -0.2) is 13.2 Å². The summed E-state index contributed by atoms with van der Waals surface area (Å²) in [5, 5.41) is 3.04. The molecular weight excluding hydrogens is 438 g/mol. The van der Waals surface area contributed by atoms with Crippen LogP contribution in [0.3, 0.4) is 0 Å². The highest BCUT2D eigenvalue weighted by Crippen LogP contribution is 2.37. The minimum absolute atomic E-state index is 0.0787. The molecule has 1 aromatic rings. The second-order valence-corrected chi connectivity index (χ2v) is 12.1. The van der Waals surface area contributed by atoms with Gasteiger partial charge in [0.05, 0.1) is 17.5 Å². The second kappa shape index (κ2) is 9.20. The molecule has 2 fully saturated rings. The number of rotatable bonds is 5. The van der Waals surface area contributed by atoms with Gasteiger partial charge in [-0.3, -0.25) is 4.79 Å². The molecule has 170 valence electrons. The monoisotopic (exact) mass is 467 g/mol. The van der Waals surface area contributed by atoms with Crippen molar-refractivity contribution in [1.29, 1.82) is 0 Å². The first-order chi connectivity index (χ1) is 14.5. The summed E-state index contributed by atoms with van der Waals surface area (Å²) in [6.07, 6.45) is -0.412. The van der Waals surface area contributed by atoms with Crippen molar-refractivity contribution in [2.24, 2.45) is 4.99 Å². The molecule has 0 aliphatic carbocycles. The lowest BCUT2D eigenvalue weighted by Gasteiger charge is -2.24. The SMILES string of the molecule is CCN1C(=NC(=O)[C@H](Cc2ccccc2)NC(=O)OC(C)(C)C)S[C@@H]2CS(=O)(=O)C[C@@H]21. The lowest BCUT2D eigenvalue weighted by Crippen LogP contribution is -2.45. The highest BCUT2D eigenvalue weighted by Gasteiger charge is 2.48. The Hall–Kier alpha value is -2.07. The van der Waals surface area contributed by atoms with Gasteiger partial charge in [-0.2, -0.15) is 4.99 Å². The number of thioether (sulfide) groups is 1. The number of aliphatic imine (C=N–C) groups is 1. The van der Waals surface area contributed by atoms with Gasteiger partial charge in [-0.1, -0.05) is 42.1 Å². The number of alkyl carbamates (subject to hydrolysis) is 1. The lowest BCUT2D eigenvalue weighted by atomic mass is 10.1. The molecule has 3 atom stereocenters. The maximum absolute atomic E-state index is 13.1. The predicted molar refractivity (Wildman–Crippen MR) is 122 cm³/mol. The van der Waals surface area contributed by atoms with Crippen LogP contribution in [0.25, 0.3) is 0 Å². The number of carbonyl (C=O) groups excluding carboxylic acids is 2. The largest absolute Gasteiger partial charge is 0.444 e. The molecule has 31 heavy (non-hydrogen) atoms. The number of sulfone groups is 1. The van der Waals surface area contributed by atoms with Crippen molar-refractivity contribution in [3.8, 4) is 0 Å². The molecule has 2 saturated heterocycles. The minimum atomic E-state index is -3.07. The first kappa shape index (κ1) is 23.6. The van der Waals surface area contributed by atoms with Gasteiger partial charge < -0.3 is 15.0 Å². The molecule has 1 N–H and O–H groups in total. The number of benzene rings is 1. The average molecular weight is 468 g/mol. The molecule has 1 aromatic carbocycles. The van der Waals surface area contributed by atoms with Crippen molar-refractivity contribution in [1.82, 2.24) is 10.2 Å².